The number of aromatic nitrogens is 2. The molecule has 8 heteroatoms. The quantitative estimate of drug-likeness (QED) is 0.718. The first-order chi connectivity index (χ1) is 13.3. The minimum Gasteiger partial charge on any atom is -0.483 e. The van der Waals surface area contributed by atoms with Gasteiger partial charge in [0.1, 0.15) is 11.6 Å². The zero-order valence-electron chi connectivity index (χ0n) is 16.9. The van der Waals surface area contributed by atoms with Crippen LogP contribution >= 0.6 is 0 Å². The number of unbranched alkanes of at least 4 members (excludes halogenated alkanes) is 1. The number of benzene rings is 1. The van der Waals surface area contributed by atoms with Gasteiger partial charge in [-0.1, -0.05) is 31.0 Å². The van der Waals surface area contributed by atoms with Crippen LogP contribution in [0.15, 0.2) is 27.8 Å². The number of aryl methyl sites for hydroxylation is 2. The van der Waals surface area contributed by atoms with Gasteiger partial charge in [-0.3, -0.25) is 19.1 Å². The predicted molar refractivity (Wildman–Crippen MR) is 110 cm³/mol. The van der Waals surface area contributed by atoms with E-state index in [2.05, 4.69) is 4.98 Å². The molecular weight excluding hydrogens is 360 g/mol. The first kappa shape index (κ1) is 21.3. The number of hydrogen-bond donors (Lipinski definition) is 2. The Balaban J connectivity index is 2.29. The van der Waals surface area contributed by atoms with E-state index in [-0.39, 0.29) is 24.7 Å². The summed E-state index contributed by atoms with van der Waals surface area (Å²) in [6.45, 7) is 7.93. The third-order valence-electron chi connectivity index (χ3n) is 4.52. The highest BCUT2D eigenvalue weighted by Crippen LogP contribution is 2.20. The third-order valence-corrected chi connectivity index (χ3v) is 4.52. The SMILES string of the molecule is CCCCn1c(N)c(N(CC)C(=O)COc2ccc(C)cc2C)c(=O)[nH]c1=O. The van der Waals surface area contributed by atoms with E-state index < -0.39 is 17.2 Å². The van der Waals surface area contributed by atoms with Gasteiger partial charge in [0.2, 0.25) is 0 Å². The van der Waals surface area contributed by atoms with Gasteiger partial charge in [0.25, 0.3) is 11.5 Å². The summed E-state index contributed by atoms with van der Waals surface area (Å²) in [5.74, 6) is 0.175. The molecule has 0 aliphatic carbocycles. The summed E-state index contributed by atoms with van der Waals surface area (Å²) in [5.41, 5.74) is 6.83. The lowest BCUT2D eigenvalue weighted by Gasteiger charge is -2.23. The number of H-pyrrole nitrogens is 1. The Morgan fingerprint density at radius 2 is 1.96 bits per heavy atom. The number of nitrogens with two attached hydrogens (primary N) is 1. The zero-order valence-corrected chi connectivity index (χ0v) is 16.9. The first-order valence-electron chi connectivity index (χ1n) is 9.43. The number of hydrogen-bond acceptors (Lipinski definition) is 5. The molecule has 28 heavy (non-hydrogen) atoms. The molecule has 0 saturated carbocycles. The van der Waals surface area contributed by atoms with Gasteiger partial charge in [0, 0.05) is 13.1 Å². The number of rotatable bonds is 8. The Labute approximate surface area is 163 Å². The normalized spacial score (nSPS) is 10.7. The van der Waals surface area contributed by atoms with E-state index in [1.165, 1.54) is 9.47 Å². The summed E-state index contributed by atoms with van der Waals surface area (Å²) < 4.78 is 6.94. The Morgan fingerprint density at radius 1 is 1.25 bits per heavy atom. The summed E-state index contributed by atoms with van der Waals surface area (Å²) in [6, 6.07) is 5.67. The molecule has 0 aliphatic rings. The molecule has 0 bridgehead atoms. The molecule has 1 heterocycles. The highest BCUT2D eigenvalue weighted by molar-refractivity contribution is 5.96. The fourth-order valence-electron chi connectivity index (χ4n) is 3.01. The van der Waals surface area contributed by atoms with Gasteiger partial charge < -0.3 is 15.4 Å². The van der Waals surface area contributed by atoms with Crippen LogP contribution in [0.2, 0.25) is 0 Å². The van der Waals surface area contributed by atoms with Crippen LogP contribution in [0.1, 0.15) is 37.8 Å². The lowest BCUT2D eigenvalue weighted by atomic mass is 10.1. The summed E-state index contributed by atoms with van der Waals surface area (Å²) in [5, 5.41) is 0. The molecule has 0 unspecified atom stereocenters. The predicted octanol–water partition coefficient (Wildman–Crippen LogP) is 1.97. The smallest absolute Gasteiger partial charge is 0.330 e. The Bertz CT molecular complexity index is 962. The van der Waals surface area contributed by atoms with Crippen LogP contribution < -0.4 is 26.6 Å². The average Bonchev–Trinajstić information content (AvgIpc) is 2.64. The minimum absolute atomic E-state index is 0.0103. The number of carbonyl (C=O) groups excluding carboxylic acids is 1. The molecule has 2 rings (SSSR count). The maximum absolute atomic E-state index is 12.7. The van der Waals surface area contributed by atoms with Crippen molar-refractivity contribution in [3.8, 4) is 5.75 Å². The Morgan fingerprint density at radius 3 is 2.57 bits per heavy atom. The van der Waals surface area contributed by atoms with E-state index in [1.54, 1.807) is 13.0 Å². The van der Waals surface area contributed by atoms with E-state index in [1.807, 2.05) is 32.9 Å². The summed E-state index contributed by atoms with van der Waals surface area (Å²) >= 11 is 0. The second-order valence-electron chi connectivity index (χ2n) is 6.69. The fraction of sp³-hybridized carbons (Fsp3) is 0.450. The van der Waals surface area contributed by atoms with Crippen molar-refractivity contribution >= 4 is 17.4 Å². The summed E-state index contributed by atoms with van der Waals surface area (Å²) in [7, 11) is 0. The number of nitrogens with zero attached hydrogens (tertiary/aromatic N) is 2. The van der Waals surface area contributed by atoms with Gasteiger partial charge in [-0.15, -0.1) is 0 Å². The zero-order chi connectivity index (χ0) is 20.8. The van der Waals surface area contributed by atoms with Gasteiger partial charge in [-0.2, -0.15) is 0 Å². The van der Waals surface area contributed by atoms with Crippen molar-refractivity contribution in [2.24, 2.45) is 0 Å². The molecule has 0 fully saturated rings. The highest BCUT2D eigenvalue weighted by atomic mass is 16.5. The van der Waals surface area contributed by atoms with Gasteiger partial charge in [-0.25, -0.2) is 4.79 Å². The first-order valence-corrected chi connectivity index (χ1v) is 9.43. The van der Waals surface area contributed by atoms with Crippen molar-refractivity contribution in [2.75, 3.05) is 23.8 Å². The van der Waals surface area contributed by atoms with E-state index in [9.17, 15) is 14.4 Å². The lowest BCUT2D eigenvalue weighted by molar-refractivity contribution is -0.120. The molecule has 8 nitrogen and oxygen atoms in total. The molecule has 0 radical (unpaired) electrons. The average molecular weight is 388 g/mol. The molecule has 1 amide bonds. The molecular formula is C20H28N4O4. The number of carbonyl (C=O) groups is 1. The number of nitrogens with one attached hydrogen (secondary N) is 1. The van der Waals surface area contributed by atoms with Crippen LogP contribution in [-0.2, 0) is 11.3 Å². The van der Waals surface area contributed by atoms with Crippen molar-refractivity contribution in [3.63, 3.8) is 0 Å². The number of ether oxygens (including phenoxy) is 1. The van der Waals surface area contributed by atoms with Crippen LogP contribution in [-0.4, -0.2) is 28.6 Å². The molecule has 1 aromatic carbocycles. The number of nitrogen functional groups attached to an aromatic ring is 1. The third kappa shape index (κ3) is 4.62. The standard InChI is InChI=1S/C20H28N4O4/c1-5-7-10-24-18(21)17(19(26)22-20(24)27)23(6-2)16(25)12-28-15-9-8-13(3)11-14(15)4/h8-9,11H,5-7,10,12,21H2,1-4H3,(H,22,26,27). The van der Waals surface area contributed by atoms with Crippen molar-refractivity contribution in [3.05, 3.63) is 50.2 Å². The molecule has 0 spiro atoms. The lowest BCUT2D eigenvalue weighted by Crippen LogP contribution is -2.42. The van der Waals surface area contributed by atoms with Crippen LogP contribution in [0.25, 0.3) is 0 Å². The summed E-state index contributed by atoms with van der Waals surface area (Å²) in [6.07, 6.45) is 1.59. The summed E-state index contributed by atoms with van der Waals surface area (Å²) in [4.78, 5) is 40.7. The largest absolute Gasteiger partial charge is 0.483 e. The number of aromatic amines is 1. The fourth-order valence-corrected chi connectivity index (χ4v) is 3.01. The van der Waals surface area contributed by atoms with E-state index in [0.717, 1.165) is 24.0 Å². The van der Waals surface area contributed by atoms with Crippen LogP contribution in [0.4, 0.5) is 11.5 Å². The molecule has 0 atom stereocenters. The van der Waals surface area contributed by atoms with Crippen molar-refractivity contribution in [1.29, 1.82) is 0 Å². The minimum atomic E-state index is -0.683. The van der Waals surface area contributed by atoms with E-state index >= 15 is 0 Å². The van der Waals surface area contributed by atoms with Crippen molar-refractivity contribution < 1.29 is 9.53 Å². The molecule has 0 saturated heterocycles. The molecule has 1 aromatic heterocycles. The maximum atomic E-state index is 12.7. The van der Waals surface area contributed by atoms with Crippen LogP contribution in [0.3, 0.4) is 0 Å². The van der Waals surface area contributed by atoms with Crippen LogP contribution in [0.5, 0.6) is 5.75 Å². The van der Waals surface area contributed by atoms with E-state index in [0.29, 0.717) is 12.3 Å². The van der Waals surface area contributed by atoms with Gasteiger partial charge >= 0.3 is 5.69 Å². The van der Waals surface area contributed by atoms with Gasteiger partial charge in [0.05, 0.1) is 0 Å². The number of anilines is 2. The second-order valence-corrected chi connectivity index (χ2v) is 6.69. The monoisotopic (exact) mass is 388 g/mol. The second kappa shape index (κ2) is 9.25. The van der Waals surface area contributed by atoms with E-state index in [4.69, 9.17) is 10.5 Å². The van der Waals surface area contributed by atoms with Gasteiger partial charge in [0.15, 0.2) is 12.3 Å². The Hall–Kier alpha value is -3.03. The number of likely N-dealkylation sites (N-methyl/N-ethyl adjacent to an activating group) is 1. The van der Waals surface area contributed by atoms with Crippen LogP contribution in [0, 0.1) is 13.8 Å². The molecule has 2 aromatic rings. The van der Waals surface area contributed by atoms with Gasteiger partial charge in [-0.05, 0) is 38.8 Å². The van der Waals surface area contributed by atoms with Crippen molar-refractivity contribution in [2.45, 2.75) is 47.1 Å². The topological polar surface area (TPSA) is 110 Å². The Kier molecular flexibility index (Phi) is 7.03. The highest BCUT2D eigenvalue weighted by Gasteiger charge is 2.23. The molecule has 0 aliphatic heterocycles. The molecule has 152 valence electrons. The number of amides is 1. The molecule has 3 N–H and O–H groups in total. The van der Waals surface area contributed by atoms with Crippen molar-refractivity contribution in [1.82, 2.24) is 9.55 Å². The maximum Gasteiger partial charge on any atom is 0.330 e.